The van der Waals surface area contributed by atoms with Gasteiger partial charge in [0, 0.05) is 23.3 Å². The number of nitro groups is 1. The fraction of sp³-hybridized carbons (Fsp3) is 0. The van der Waals surface area contributed by atoms with Crippen LogP contribution in [0.2, 0.25) is 0 Å². The first kappa shape index (κ1) is 13.6. The number of carbonyl (C=O) groups is 1. The van der Waals surface area contributed by atoms with Gasteiger partial charge in [0.1, 0.15) is 5.82 Å². The molecule has 2 aromatic carbocycles. The molecule has 0 unspecified atom stereocenters. The molecule has 0 spiro atoms. The molecule has 3 N–H and O–H groups in total. The van der Waals surface area contributed by atoms with Crippen molar-refractivity contribution in [2.24, 2.45) is 5.84 Å². The van der Waals surface area contributed by atoms with Crippen molar-refractivity contribution in [3.05, 3.63) is 64.0 Å². The summed E-state index contributed by atoms with van der Waals surface area (Å²) in [4.78, 5) is 21.9. The zero-order chi connectivity index (χ0) is 14.7. The first-order valence-electron chi connectivity index (χ1n) is 5.58. The number of carbonyl (C=O) groups excluding carboxylic acids is 1. The second-order valence-electron chi connectivity index (χ2n) is 3.97. The topological polar surface area (TPSA) is 98.3 Å². The van der Waals surface area contributed by atoms with Crippen molar-refractivity contribution in [3.63, 3.8) is 0 Å². The third kappa shape index (κ3) is 2.62. The molecule has 0 aliphatic carbocycles. The normalized spacial score (nSPS) is 10.1. The van der Waals surface area contributed by atoms with Crippen LogP contribution in [0.1, 0.15) is 10.4 Å². The van der Waals surface area contributed by atoms with Gasteiger partial charge in [-0.2, -0.15) is 0 Å². The summed E-state index contributed by atoms with van der Waals surface area (Å²) in [6, 6.07) is 9.10. The Labute approximate surface area is 113 Å². The van der Waals surface area contributed by atoms with E-state index in [0.29, 0.717) is 5.56 Å². The largest absolute Gasteiger partial charge is 0.290 e. The minimum atomic E-state index is -0.612. The number of halogens is 1. The third-order valence-electron chi connectivity index (χ3n) is 2.73. The zero-order valence-corrected chi connectivity index (χ0v) is 10.2. The summed E-state index contributed by atoms with van der Waals surface area (Å²) in [5.74, 6) is 3.95. The van der Waals surface area contributed by atoms with E-state index in [2.05, 4.69) is 0 Å². The van der Waals surface area contributed by atoms with Gasteiger partial charge in [0.05, 0.1) is 4.92 Å². The van der Waals surface area contributed by atoms with Crippen LogP contribution in [-0.2, 0) is 0 Å². The molecule has 2 rings (SSSR count). The molecule has 0 saturated heterocycles. The van der Waals surface area contributed by atoms with Crippen molar-refractivity contribution in [2.75, 3.05) is 0 Å². The number of hydrogen-bond donors (Lipinski definition) is 2. The summed E-state index contributed by atoms with van der Waals surface area (Å²) in [5.41, 5.74) is 2.48. The quantitative estimate of drug-likeness (QED) is 0.387. The summed E-state index contributed by atoms with van der Waals surface area (Å²) in [7, 11) is 0. The fourth-order valence-electron chi connectivity index (χ4n) is 1.82. The average molecular weight is 275 g/mol. The second-order valence-corrected chi connectivity index (χ2v) is 3.97. The average Bonchev–Trinajstić information content (AvgIpc) is 2.45. The molecule has 2 aromatic rings. The number of nitro benzene ring substituents is 1. The number of hydrogen-bond acceptors (Lipinski definition) is 4. The molecule has 0 aliphatic heterocycles. The highest BCUT2D eigenvalue weighted by atomic mass is 19.1. The fourth-order valence-corrected chi connectivity index (χ4v) is 1.82. The lowest BCUT2D eigenvalue weighted by molar-refractivity contribution is -0.384. The van der Waals surface area contributed by atoms with Gasteiger partial charge in [0.15, 0.2) is 0 Å². The molecule has 0 atom stereocenters. The van der Waals surface area contributed by atoms with E-state index >= 15 is 0 Å². The van der Waals surface area contributed by atoms with Gasteiger partial charge < -0.3 is 0 Å². The summed E-state index contributed by atoms with van der Waals surface area (Å²) >= 11 is 0. The predicted molar refractivity (Wildman–Crippen MR) is 70.1 cm³/mol. The van der Waals surface area contributed by atoms with Crippen molar-refractivity contribution in [3.8, 4) is 11.1 Å². The van der Waals surface area contributed by atoms with Gasteiger partial charge in [-0.05, 0) is 23.8 Å². The Bertz CT molecular complexity index is 688. The first-order valence-corrected chi connectivity index (χ1v) is 5.58. The van der Waals surface area contributed by atoms with Gasteiger partial charge in [-0.25, -0.2) is 10.2 Å². The molecule has 102 valence electrons. The Balaban J connectivity index is 2.66. The molecular formula is C13H10FN3O3. The van der Waals surface area contributed by atoms with Gasteiger partial charge in [-0.3, -0.25) is 20.3 Å². The number of nitrogens with one attached hydrogen (secondary N) is 1. The number of nitrogens with zero attached hydrogens (tertiary/aromatic N) is 1. The maximum absolute atomic E-state index is 13.3. The van der Waals surface area contributed by atoms with Crippen LogP contribution in [-0.4, -0.2) is 10.8 Å². The third-order valence-corrected chi connectivity index (χ3v) is 2.73. The van der Waals surface area contributed by atoms with Crippen LogP contribution >= 0.6 is 0 Å². The minimum absolute atomic E-state index is 0.128. The van der Waals surface area contributed by atoms with Crippen molar-refractivity contribution in [2.45, 2.75) is 0 Å². The summed E-state index contributed by atoms with van der Waals surface area (Å²) < 4.78 is 13.3. The van der Waals surface area contributed by atoms with Gasteiger partial charge in [0.25, 0.3) is 11.6 Å². The van der Waals surface area contributed by atoms with E-state index in [1.165, 1.54) is 36.4 Å². The molecule has 20 heavy (non-hydrogen) atoms. The molecule has 0 bridgehead atoms. The molecule has 0 saturated carbocycles. The Morgan fingerprint density at radius 3 is 2.60 bits per heavy atom. The van der Waals surface area contributed by atoms with Crippen molar-refractivity contribution in [1.82, 2.24) is 5.43 Å². The predicted octanol–water partition coefficient (Wildman–Crippen LogP) is 2.00. The number of amides is 1. The molecule has 6 nitrogen and oxygen atoms in total. The lowest BCUT2D eigenvalue weighted by Crippen LogP contribution is -2.30. The van der Waals surface area contributed by atoms with E-state index < -0.39 is 16.6 Å². The second kappa shape index (κ2) is 5.45. The number of nitrogen functional groups attached to an aromatic ring is 1. The summed E-state index contributed by atoms with van der Waals surface area (Å²) in [6.45, 7) is 0. The van der Waals surface area contributed by atoms with Crippen LogP contribution in [0.25, 0.3) is 11.1 Å². The van der Waals surface area contributed by atoms with Crippen LogP contribution in [0.5, 0.6) is 0 Å². The van der Waals surface area contributed by atoms with Gasteiger partial charge in [0.2, 0.25) is 0 Å². The molecule has 0 aliphatic rings. The highest BCUT2D eigenvalue weighted by molar-refractivity contribution is 6.01. The van der Waals surface area contributed by atoms with Crippen LogP contribution in [0, 0.1) is 15.9 Å². The highest BCUT2D eigenvalue weighted by Crippen LogP contribution is 2.28. The van der Waals surface area contributed by atoms with Crippen molar-refractivity contribution >= 4 is 11.6 Å². The Morgan fingerprint density at radius 2 is 2.00 bits per heavy atom. The molecule has 1 amide bonds. The molecular weight excluding hydrogens is 265 g/mol. The first-order chi connectivity index (χ1) is 9.52. The maximum atomic E-state index is 13.3. The van der Waals surface area contributed by atoms with E-state index in [4.69, 9.17) is 5.84 Å². The molecule has 0 heterocycles. The number of hydrazine groups is 1. The summed E-state index contributed by atoms with van der Waals surface area (Å²) in [6.07, 6.45) is 0. The number of benzene rings is 2. The van der Waals surface area contributed by atoms with Crippen LogP contribution < -0.4 is 11.3 Å². The van der Waals surface area contributed by atoms with Crippen LogP contribution in [0.15, 0.2) is 42.5 Å². The van der Waals surface area contributed by atoms with E-state index in [1.807, 2.05) is 5.43 Å². The summed E-state index contributed by atoms with van der Waals surface area (Å²) in [5, 5.41) is 10.8. The number of non-ortho nitro benzene ring substituents is 1. The van der Waals surface area contributed by atoms with Crippen molar-refractivity contribution in [1.29, 1.82) is 0 Å². The number of nitrogens with two attached hydrogens (primary N) is 1. The molecule has 0 fully saturated rings. The Hall–Kier alpha value is -2.80. The maximum Gasteiger partial charge on any atom is 0.270 e. The Morgan fingerprint density at radius 1 is 1.25 bits per heavy atom. The molecule has 7 heteroatoms. The zero-order valence-electron chi connectivity index (χ0n) is 10.2. The van der Waals surface area contributed by atoms with E-state index in [0.717, 1.165) is 0 Å². The molecule has 0 aromatic heterocycles. The Kier molecular flexibility index (Phi) is 3.72. The van der Waals surface area contributed by atoms with Gasteiger partial charge >= 0.3 is 0 Å². The van der Waals surface area contributed by atoms with E-state index in [1.54, 1.807) is 6.07 Å². The van der Waals surface area contributed by atoms with Crippen LogP contribution in [0.4, 0.5) is 10.1 Å². The van der Waals surface area contributed by atoms with Crippen LogP contribution in [0.3, 0.4) is 0 Å². The standard InChI is InChI=1S/C13H10FN3O3/c14-9-3-1-2-8(6-9)12-7-10(17(19)20)4-5-11(12)13(18)16-15/h1-7H,15H2,(H,16,18). The van der Waals surface area contributed by atoms with Gasteiger partial charge in [-0.1, -0.05) is 12.1 Å². The lowest BCUT2D eigenvalue weighted by atomic mass is 9.98. The molecule has 0 radical (unpaired) electrons. The van der Waals surface area contributed by atoms with E-state index in [9.17, 15) is 19.3 Å². The SMILES string of the molecule is NNC(=O)c1ccc([N+](=O)[O-])cc1-c1cccc(F)c1. The smallest absolute Gasteiger partial charge is 0.270 e. The minimum Gasteiger partial charge on any atom is -0.290 e. The monoisotopic (exact) mass is 275 g/mol. The number of rotatable bonds is 3. The lowest BCUT2D eigenvalue weighted by Gasteiger charge is -2.08. The van der Waals surface area contributed by atoms with Crippen molar-refractivity contribution < 1.29 is 14.1 Å². The highest BCUT2D eigenvalue weighted by Gasteiger charge is 2.17. The van der Waals surface area contributed by atoms with E-state index in [-0.39, 0.29) is 16.8 Å². The van der Waals surface area contributed by atoms with Gasteiger partial charge in [-0.15, -0.1) is 0 Å².